The molecule has 0 aliphatic carbocycles. The summed E-state index contributed by atoms with van der Waals surface area (Å²) in [5, 5.41) is 9.56. The fourth-order valence-electron chi connectivity index (χ4n) is 1.76. The van der Waals surface area contributed by atoms with Crippen LogP contribution in [0.15, 0.2) is 48.5 Å². The van der Waals surface area contributed by atoms with Gasteiger partial charge in [-0.1, -0.05) is 24.3 Å². The Labute approximate surface area is 110 Å². The standard InChI is InChI=1S/C16H13FO2/c1-11-10-13(17)8-6-12(11)7-9-16(19)14-4-2-3-5-15(14)18/h2-10,18H,1H3/b9-7+. The van der Waals surface area contributed by atoms with Crippen molar-refractivity contribution in [3.05, 3.63) is 71.0 Å². The second-order valence-corrected chi connectivity index (χ2v) is 4.22. The first-order valence-corrected chi connectivity index (χ1v) is 5.84. The molecule has 0 fully saturated rings. The van der Waals surface area contributed by atoms with E-state index in [1.54, 1.807) is 37.3 Å². The average Bonchev–Trinajstić information content (AvgIpc) is 2.38. The number of hydrogen-bond acceptors (Lipinski definition) is 2. The van der Waals surface area contributed by atoms with Crippen molar-refractivity contribution in [3.63, 3.8) is 0 Å². The molecule has 0 radical (unpaired) electrons. The molecular formula is C16H13FO2. The summed E-state index contributed by atoms with van der Waals surface area (Å²) < 4.78 is 12.9. The van der Waals surface area contributed by atoms with E-state index in [9.17, 15) is 14.3 Å². The molecular weight excluding hydrogens is 243 g/mol. The van der Waals surface area contributed by atoms with Crippen LogP contribution in [0.25, 0.3) is 6.08 Å². The number of carbonyl (C=O) groups is 1. The molecule has 2 aromatic carbocycles. The van der Waals surface area contributed by atoms with Gasteiger partial charge in [-0.2, -0.15) is 0 Å². The lowest BCUT2D eigenvalue weighted by Crippen LogP contribution is -1.94. The lowest BCUT2D eigenvalue weighted by atomic mass is 10.1. The second kappa shape index (κ2) is 5.48. The molecule has 0 bridgehead atoms. The maximum atomic E-state index is 12.9. The molecule has 96 valence electrons. The summed E-state index contributed by atoms with van der Waals surface area (Å²) >= 11 is 0. The second-order valence-electron chi connectivity index (χ2n) is 4.22. The number of aromatic hydroxyl groups is 1. The zero-order valence-corrected chi connectivity index (χ0v) is 10.4. The van der Waals surface area contributed by atoms with Crippen molar-refractivity contribution in [1.82, 2.24) is 0 Å². The van der Waals surface area contributed by atoms with E-state index in [0.717, 1.165) is 11.1 Å². The van der Waals surface area contributed by atoms with E-state index >= 15 is 0 Å². The minimum Gasteiger partial charge on any atom is -0.507 e. The van der Waals surface area contributed by atoms with Crippen LogP contribution in [-0.2, 0) is 0 Å². The van der Waals surface area contributed by atoms with E-state index in [0.29, 0.717) is 0 Å². The molecule has 2 nitrogen and oxygen atoms in total. The summed E-state index contributed by atoms with van der Waals surface area (Å²) in [5.41, 5.74) is 1.77. The van der Waals surface area contributed by atoms with Crippen LogP contribution in [0.2, 0.25) is 0 Å². The van der Waals surface area contributed by atoms with Gasteiger partial charge in [-0.3, -0.25) is 4.79 Å². The van der Waals surface area contributed by atoms with Gasteiger partial charge in [0.25, 0.3) is 0 Å². The number of allylic oxidation sites excluding steroid dienone is 1. The van der Waals surface area contributed by atoms with E-state index < -0.39 is 0 Å². The number of carbonyl (C=O) groups excluding carboxylic acids is 1. The Balaban J connectivity index is 2.24. The summed E-state index contributed by atoms with van der Waals surface area (Å²) in [5.74, 6) is -0.642. The third-order valence-corrected chi connectivity index (χ3v) is 2.82. The highest BCUT2D eigenvalue weighted by Gasteiger charge is 2.06. The lowest BCUT2D eigenvalue weighted by molar-refractivity contribution is 0.104. The van der Waals surface area contributed by atoms with E-state index in [-0.39, 0.29) is 22.9 Å². The Hall–Kier alpha value is -2.42. The van der Waals surface area contributed by atoms with Gasteiger partial charge in [-0.05, 0) is 48.4 Å². The van der Waals surface area contributed by atoms with Crippen LogP contribution in [0.5, 0.6) is 5.75 Å². The van der Waals surface area contributed by atoms with E-state index in [1.165, 1.54) is 24.3 Å². The Bertz CT molecular complexity index is 645. The summed E-state index contributed by atoms with van der Waals surface area (Å²) in [6, 6.07) is 10.7. The van der Waals surface area contributed by atoms with Crippen LogP contribution in [0, 0.1) is 12.7 Å². The van der Waals surface area contributed by atoms with Crippen LogP contribution in [-0.4, -0.2) is 10.9 Å². The van der Waals surface area contributed by atoms with E-state index in [1.807, 2.05) is 0 Å². The number of rotatable bonds is 3. The number of para-hydroxylation sites is 1. The van der Waals surface area contributed by atoms with Crippen molar-refractivity contribution < 1.29 is 14.3 Å². The number of halogens is 1. The lowest BCUT2D eigenvalue weighted by Gasteiger charge is -2.01. The predicted octanol–water partition coefficient (Wildman–Crippen LogP) is 3.74. The van der Waals surface area contributed by atoms with Gasteiger partial charge >= 0.3 is 0 Å². The van der Waals surface area contributed by atoms with Gasteiger partial charge in [-0.15, -0.1) is 0 Å². The number of benzene rings is 2. The van der Waals surface area contributed by atoms with Crippen LogP contribution < -0.4 is 0 Å². The molecule has 0 heterocycles. The molecule has 0 aromatic heterocycles. The van der Waals surface area contributed by atoms with Crippen molar-refractivity contribution in [1.29, 1.82) is 0 Å². The SMILES string of the molecule is Cc1cc(F)ccc1/C=C/C(=O)c1ccccc1O. The minimum atomic E-state index is -0.304. The highest BCUT2D eigenvalue weighted by molar-refractivity contribution is 6.08. The van der Waals surface area contributed by atoms with Crippen LogP contribution >= 0.6 is 0 Å². The largest absolute Gasteiger partial charge is 0.507 e. The fourth-order valence-corrected chi connectivity index (χ4v) is 1.76. The number of ketones is 1. The van der Waals surface area contributed by atoms with Crippen LogP contribution in [0.4, 0.5) is 4.39 Å². The maximum Gasteiger partial charge on any atom is 0.189 e. The van der Waals surface area contributed by atoms with Gasteiger partial charge in [-0.25, -0.2) is 4.39 Å². The molecule has 0 saturated heterocycles. The highest BCUT2D eigenvalue weighted by Crippen LogP contribution is 2.18. The zero-order chi connectivity index (χ0) is 13.8. The molecule has 0 spiro atoms. The topological polar surface area (TPSA) is 37.3 Å². The normalized spacial score (nSPS) is 10.8. The van der Waals surface area contributed by atoms with Crippen LogP contribution in [0.3, 0.4) is 0 Å². The molecule has 1 N–H and O–H groups in total. The first-order valence-electron chi connectivity index (χ1n) is 5.84. The first-order chi connectivity index (χ1) is 9.08. The molecule has 2 rings (SSSR count). The fraction of sp³-hybridized carbons (Fsp3) is 0.0625. The quantitative estimate of drug-likeness (QED) is 0.671. The maximum absolute atomic E-state index is 12.9. The number of hydrogen-bond donors (Lipinski definition) is 1. The molecule has 19 heavy (non-hydrogen) atoms. The molecule has 0 aliphatic heterocycles. The molecule has 3 heteroatoms. The molecule has 2 aromatic rings. The highest BCUT2D eigenvalue weighted by atomic mass is 19.1. The zero-order valence-electron chi connectivity index (χ0n) is 10.4. The molecule has 0 unspecified atom stereocenters. The van der Waals surface area contributed by atoms with Gasteiger partial charge in [0.15, 0.2) is 5.78 Å². The predicted molar refractivity (Wildman–Crippen MR) is 72.6 cm³/mol. The summed E-state index contributed by atoms with van der Waals surface area (Å²) in [4.78, 5) is 11.9. The average molecular weight is 256 g/mol. The Kier molecular flexibility index (Phi) is 3.76. The molecule has 0 aliphatic rings. The van der Waals surface area contributed by atoms with Crippen molar-refractivity contribution in [2.24, 2.45) is 0 Å². The summed E-state index contributed by atoms with van der Waals surface area (Å²) in [6.07, 6.45) is 2.98. The first kappa shape index (κ1) is 13.0. The van der Waals surface area contributed by atoms with E-state index in [2.05, 4.69) is 0 Å². The van der Waals surface area contributed by atoms with Crippen LogP contribution in [0.1, 0.15) is 21.5 Å². The van der Waals surface area contributed by atoms with Crippen molar-refractivity contribution in [3.8, 4) is 5.75 Å². The van der Waals surface area contributed by atoms with E-state index in [4.69, 9.17) is 0 Å². The minimum absolute atomic E-state index is 0.0482. The Morgan fingerprint density at radius 3 is 2.63 bits per heavy atom. The number of phenolic OH excluding ortho intramolecular Hbond substituents is 1. The van der Waals surface area contributed by atoms with Crippen molar-refractivity contribution >= 4 is 11.9 Å². The molecule has 0 atom stereocenters. The summed E-state index contributed by atoms with van der Waals surface area (Å²) in [6.45, 7) is 1.77. The number of phenols is 1. The Morgan fingerprint density at radius 2 is 1.95 bits per heavy atom. The summed E-state index contributed by atoms with van der Waals surface area (Å²) in [7, 11) is 0. The van der Waals surface area contributed by atoms with Gasteiger partial charge in [0.2, 0.25) is 0 Å². The molecule has 0 saturated carbocycles. The smallest absolute Gasteiger partial charge is 0.189 e. The molecule has 0 amide bonds. The van der Waals surface area contributed by atoms with Crippen molar-refractivity contribution in [2.45, 2.75) is 6.92 Å². The van der Waals surface area contributed by atoms with Gasteiger partial charge < -0.3 is 5.11 Å². The third-order valence-electron chi connectivity index (χ3n) is 2.82. The Morgan fingerprint density at radius 1 is 1.21 bits per heavy atom. The van der Waals surface area contributed by atoms with Gasteiger partial charge in [0.1, 0.15) is 11.6 Å². The van der Waals surface area contributed by atoms with Gasteiger partial charge in [0.05, 0.1) is 5.56 Å². The third kappa shape index (κ3) is 3.07. The monoisotopic (exact) mass is 256 g/mol. The van der Waals surface area contributed by atoms with Gasteiger partial charge in [0, 0.05) is 0 Å². The number of aryl methyl sites for hydroxylation is 1. The van der Waals surface area contributed by atoms with Crippen molar-refractivity contribution in [2.75, 3.05) is 0 Å².